The molecule has 0 unspecified atom stereocenters. The van der Waals surface area contributed by atoms with Gasteiger partial charge in [-0.2, -0.15) is 5.06 Å². The summed E-state index contributed by atoms with van der Waals surface area (Å²) in [6, 6.07) is 0.0566. The summed E-state index contributed by atoms with van der Waals surface area (Å²) in [5, 5.41) is 25.1. The SMILES string of the molecule is CC1(C)CC(NC(=O)C2CC(C)(C)N([OH2+])C(C)(C)C2)CC(C)(C)N1O. The quantitative estimate of drug-likeness (QED) is 0.745. The number of hydrogen-bond acceptors (Lipinski definition) is 4. The molecule has 0 aromatic carbocycles. The topological polar surface area (TPSA) is 78.7 Å². The Morgan fingerprint density at radius 3 is 1.68 bits per heavy atom. The molecule has 2 heterocycles. The molecule has 0 spiro atoms. The smallest absolute Gasteiger partial charge is 0.223 e. The molecule has 2 rings (SSSR count). The summed E-state index contributed by atoms with van der Waals surface area (Å²) in [6.45, 7) is 16.2. The highest BCUT2D eigenvalue weighted by molar-refractivity contribution is 5.79. The minimum Gasteiger partial charge on any atom is -0.353 e. The van der Waals surface area contributed by atoms with Gasteiger partial charge in [0.2, 0.25) is 5.91 Å². The van der Waals surface area contributed by atoms with E-state index in [1.807, 2.05) is 55.4 Å². The summed E-state index contributed by atoms with van der Waals surface area (Å²) in [4.78, 5) is 13.0. The van der Waals surface area contributed by atoms with Crippen molar-refractivity contribution in [3.8, 4) is 0 Å². The van der Waals surface area contributed by atoms with Crippen LogP contribution in [0.2, 0.25) is 0 Å². The van der Waals surface area contributed by atoms with Gasteiger partial charge in [0.15, 0.2) is 0 Å². The van der Waals surface area contributed by atoms with E-state index in [0.29, 0.717) is 12.8 Å². The standard InChI is InChI=1S/C19H37N3O3/c1-16(2)9-13(10-17(3,4)21(16)24)15(23)20-14-11-18(5,6)22(25)19(7,8)12-14/h13-14,24-25H,9-12H2,1-8H3,(H,20,23)/p+1. The van der Waals surface area contributed by atoms with Gasteiger partial charge in [-0.05, 0) is 81.1 Å². The van der Waals surface area contributed by atoms with E-state index in [4.69, 9.17) is 5.21 Å². The highest BCUT2D eigenvalue weighted by Crippen LogP contribution is 2.41. The van der Waals surface area contributed by atoms with Crippen LogP contribution in [0.3, 0.4) is 0 Å². The summed E-state index contributed by atoms with van der Waals surface area (Å²) >= 11 is 0. The van der Waals surface area contributed by atoms with Crippen molar-refractivity contribution in [2.75, 3.05) is 0 Å². The number of piperidine rings is 2. The van der Waals surface area contributed by atoms with E-state index in [1.165, 1.54) is 5.06 Å². The Morgan fingerprint density at radius 2 is 1.28 bits per heavy atom. The Balaban J connectivity index is 2.10. The second kappa shape index (κ2) is 6.19. The number of nitrogens with one attached hydrogen (secondary N) is 1. The maximum absolute atomic E-state index is 13.0. The van der Waals surface area contributed by atoms with Gasteiger partial charge in [-0.15, -0.1) is 0 Å². The maximum atomic E-state index is 13.0. The number of carbonyl (C=O) groups is 1. The molecular weight excluding hydrogens is 318 g/mol. The number of rotatable bonds is 2. The number of hydrogen-bond donors (Lipinski definition) is 2. The largest absolute Gasteiger partial charge is 0.353 e. The van der Waals surface area contributed by atoms with Gasteiger partial charge in [-0.25, -0.2) is 0 Å². The Labute approximate surface area is 152 Å². The number of hydroxylamine groups is 4. The molecule has 0 radical (unpaired) electrons. The predicted octanol–water partition coefficient (Wildman–Crippen LogP) is 2.42. The third kappa shape index (κ3) is 4.02. The van der Waals surface area contributed by atoms with Crippen molar-refractivity contribution in [1.29, 1.82) is 0 Å². The lowest BCUT2D eigenvalue weighted by atomic mass is 9.74. The molecule has 6 nitrogen and oxygen atoms in total. The van der Waals surface area contributed by atoms with Crippen molar-refractivity contribution in [2.45, 2.75) is 109 Å². The second-order valence-electron chi connectivity index (χ2n) is 10.6. The van der Waals surface area contributed by atoms with Crippen LogP contribution >= 0.6 is 0 Å². The fourth-order valence-corrected chi connectivity index (χ4v) is 5.16. The molecule has 0 saturated carbocycles. The zero-order chi connectivity index (χ0) is 19.4. The van der Waals surface area contributed by atoms with E-state index in [1.54, 1.807) is 5.06 Å². The minimum atomic E-state index is -0.372. The molecule has 4 N–H and O–H groups in total. The first-order valence-corrected chi connectivity index (χ1v) is 9.40. The first kappa shape index (κ1) is 20.6. The van der Waals surface area contributed by atoms with Crippen LogP contribution in [-0.2, 0) is 4.79 Å². The molecule has 0 atom stereocenters. The van der Waals surface area contributed by atoms with Crippen LogP contribution in [0.25, 0.3) is 0 Å². The fraction of sp³-hybridized carbons (Fsp3) is 0.947. The summed E-state index contributed by atoms with van der Waals surface area (Å²) in [5.41, 5.74) is -1.39. The average Bonchev–Trinajstić information content (AvgIpc) is 2.40. The highest BCUT2D eigenvalue weighted by Gasteiger charge is 2.51. The van der Waals surface area contributed by atoms with Crippen LogP contribution < -0.4 is 5.32 Å². The summed E-state index contributed by atoms with van der Waals surface area (Å²) < 4.78 is 0. The van der Waals surface area contributed by atoms with Gasteiger partial charge < -0.3 is 15.7 Å². The molecule has 6 heteroatoms. The van der Waals surface area contributed by atoms with Crippen molar-refractivity contribution >= 4 is 5.91 Å². The Morgan fingerprint density at radius 1 is 0.880 bits per heavy atom. The monoisotopic (exact) mass is 356 g/mol. The van der Waals surface area contributed by atoms with Gasteiger partial charge in [-0.3, -0.25) is 4.79 Å². The summed E-state index contributed by atoms with van der Waals surface area (Å²) in [5.74, 6) is 0.0159. The molecule has 2 saturated heterocycles. The van der Waals surface area contributed by atoms with Crippen LogP contribution in [0.1, 0.15) is 81.1 Å². The van der Waals surface area contributed by atoms with Gasteiger partial charge in [0, 0.05) is 23.0 Å². The zero-order valence-corrected chi connectivity index (χ0v) is 17.2. The molecule has 2 aliphatic heterocycles. The van der Waals surface area contributed by atoms with Gasteiger partial charge >= 0.3 is 0 Å². The molecule has 1 amide bonds. The average molecular weight is 357 g/mol. The Bertz CT molecular complexity index is 492. The molecule has 0 bridgehead atoms. The third-order valence-electron chi connectivity index (χ3n) is 6.06. The Hall–Kier alpha value is -0.690. The highest BCUT2D eigenvalue weighted by atomic mass is 16.5. The summed E-state index contributed by atoms with van der Waals surface area (Å²) in [7, 11) is 0. The second-order valence-corrected chi connectivity index (χ2v) is 10.6. The molecule has 0 aromatic rings. The van der Waals surface area contributed by atoms with Crippen molar-refractivity contribution in [3.05, 3.63) is 0 Å². The molecular formula is C19H38N3O3+. The normalized spacial score (nSPS) is 30.2. The molecule has 0 aliphatic carbocycles. The number of carbonyl (C=O) groups excluding carboxylic acids is 1. The molecule has 0 aromatic heterocycles. The Kier molecular flexibility index (Phi) is 5.10. The third-order valence-corrected chi connectivity index (χ3v) is 6.06. The minimum absolute atomic E-state index is 0.0566. The van der Waals surface area contributed by atoms with E-state index in [0.717, 1.165) is 12.8 Å². The zero-order valence-electron chi connectivity index (χ0n) is 17.2. The van der Waals surface area contributed by atoms with E-state index in [9.17, 15) is 10.0 Å². The van der Waals surface area contributed by atoms with Crippen LogP contribution in [0.15, 0.2) is 0 Å². The van der Waals surface area contributed by atoms with Gasteiger partial charge in [0.25, 0.3) is 0 Å². The molecule has 146 valence electrons. The maximum Gasteiger partial charge on any atom is 0.223 e. The van der Waals surface area contributed by atoms with Gasteiger partial charge in [0.1, 0.15) is 0 Å². The van der Waals surface area contributed by atoms with Crippen LogP contribution in [0.5, 0.6) is 0 Å². The molecule has 25 heavy (non-hydrogen) atoms. The predicted molar refractivity (Wildman–Crippen MR) is 99.3 cm³/mol. The first-order chi connectivity index (χ1) is 11.1. The van der Waals surface area contributed by atoms with E-state index >= 15 is 0 Å². The van der Waals surface area contributed by atoms with Crippen LogP contribution in [-0.4, -0.2) is 54.6 Å². The van der Waals surface area contributed by atoms with Crippen molar-refractivity contribution in [3.63, 3.8) is 0 Å². The molecule has 2 fully saturated rings. The van der Waals surface area contributed by atoms with E-state index in [-0.39, 0.29) is 40.0 Å². The lowest BCUT2D eigenvalue weighted by Gasteiger charge is -2.52. The fourth-order valence-electron chi connectivity index (χ4n) is 5.16. The van der Waals surface area contributed by atoms with Crippen molar-refractivity contribution < 1.29 is 15.2 Å². The summed E-state index contributed by atoms with van der Waals surface area (Å²) in [6.07, 6.45) is 2.83. The van der Waals surface area contributed by atoms with Gasteiger partial charge in [-0.1, -0.05) is 5.06 Å². The number of nitrogens with zero attached hydrogens (tertiary/aromatic N) is 2. The lowest BCUT2D eigenvalue weighted by molar-refractivity contribution is -0.251. The molecule has 2 aliphatic rings. The first-order valence-electron chi connectivity index (χ1n) is 9.40. The van der Waals surface area contributed by atoms with Crippen LogP contribution in [0, 0.1) is 5.92 Å². The van der Waals surface area contributed by atoms with Crippen molar-refractivity contribution in [1.82, 2.24) is 15.4 Å². The van der Waals surface area contributed by atoms with Gasteiger partial charge in [0.05, 0.1) is 11.1 Å². The lowest BCUT2D eigenvalue weighted by Crippen LogP contribution is -2.64. The van der Waals surface area contributed by atoms with E-state index in [2.05, 4.69) is 5.32 Å². The number of amides is 1. The van der Waals surface area contributed by atoms with Crippen LogP contribution in [0.4, 0.5) is 0 Å². The van der Waals surface area contributed by atoms with E-state index < -0.39 is 0 Å². The van der Waals surface area contributed by atoms with Crippen molar-refractivity contribution in [2.24, 2.45) is 5.92 Å².